The van der Waals surface area contributed by atoms with Crippen LogP contribution in [0.5, 0.6) is 11.5 Å². The highest BCUT2D eigenvalue weighted by Gasteiger charge is 2.29. The van der Waals surface area contributed by atoms with Crippen molar-refractivity contribution in [3.8, 4) is 11.5 Å². The summed E-state index contributed by atoms with van der Waals surface area (Å²) in [5.74, 6) is 2.46. The summed E-state index contributed by atoms with van der Waals surface area (Å²) in [6.07, 6.45) is 3.93. The first kappa shape index (κ1) is 16.1. The lowest BCUT2D eigenvalue weighted by molar-refractivity contribution is 0.0703. The summed E-state index contributed by atoms with van der Waals surface area (Å²) in [7, 11) is 0. The third-order valence-electron chi connectivity index (χ3n) is 5.20. The van der Waals surface area contributed by atoms with Gasteiger partial charge >= 0.3 is 0 Å². The van der Waals surface area contributed by atoms with Gasteiger partial charge in [-0.25, -0.2) is 0 Å². The summed E-state index contributed by atoms with van der Waals surface area (Å²) < 4.78 is 13.2. The molecule has 1 fully saturated rings. The van der Waals surface area contributed by atoms with Crippen LogP contribution in [0.25, 0.3) is 5.65 Å². The summed E-state index contributed by atoms with van der Waals surface area (Å²) >= 11 is 0. The van der Waals surface area contributed by atoms with Crippen LogP contribution in [0.1, 0.15) is 34.9 Å². The van der Waals surface area contributed by atoms with Crippen molar-refractivity contribution in [2.24, 2.45) is 0 Å². The van der Waals surface area contributed by atoms with Crippen LogP contribution in [0, 0.1) is 0 Å². The molecule has 0 bridgehead atoms. The number of pyridine rings is 1. The smallest absolute Gasteiger partial charge is 0.254 e. The lowest BCUT2D eigenvalue weighted by Crippen LogP contribution is -2.39. The zero-order chi connectivity index (χ0) is 18.2. The van der Waals surface area contributed by atoms with Crippen molar-refractivity contribution in [3.05, 3.63) is 54.0 Å². The molecular formula is C20H20N4O3. The number of benzene rings is 1. The Bertz CT molecular complexity index is 1000. The van der Waals surface area contributed by atoms with E-state index in [1.807, 2.05) is 45.8 Å². The van der Waals surface area contributed by atoms with E-state index in [9.17, 15) is 4.79 Å². The second-order valence-electron chi connectivity index (χ2n) is 6.94. The van der Waals surface area contributed by atoms with E-state index in [4.69, 9.17) is 9.47 Å². The van der Waals surface area contributed by atoms with Gasteiger partial charge in [-0.05, 0) is 43.2 Å². The van der Waals surface area contributed by atoms with Crippen molar-refractivity contribution < 1.29 is 14.3 Å². The van der Waals surface area contributed by atoms with Gasteiger partial charge in [0.2, 0.25) is 0 Å². The first-order chi connectivity index (χ1) is 13.3. The number of hydrogen-bond donors (Lipinski definition) is 0. The molecule has 0 radical (unpaired) electrons. The molecule has 7 nitrogen and oxygen atoms in total. The van der Waals surface area contributed by atoms with Gasteiger partial charge in [-0.3, -0.25) is 9.20 Å². The number of carbonyl (C=O) groups is 1. The van der Waals surface area contributed by atoms with Crippen LogP contribution in [0.2, 0.25) is 0 Å². The van der Waals surface area contributed by atoms with Crippen LogP contribution < -0.4 is 9.47 Å². The molecule has 2 aliphatic rings. The topological polar surface area (TPSA) is 69.0 Å². The van der Waals surface area contributed by atoms with E-state index in [0.717, 1.165) is 30.9 Å². The molecular weight excluding hydrogens is 344 g/mol. The van der Waals surface area contributed by atoms with E-state index in [2.05, 4.69) is 10.2 Å². The zero-order valence-corrected chi connectivity index (χ0v) is 14.9. The number of likely N-dealkylation sites (tertiary alicyclic amines) is 1. The number of hydrogen-bond acceptors (Lipinski definition) is 5. The fourth-order valence-electron chi connectivity index (χ4n) is 3.87. The molecule has 0 aliphatic carbocycles. The normalized spacial score (nSPS) is 19.3. The molecule has 2 aliphatic heterocycles. The quantitative estimate of drug-likeness (QED) is 0.699. The molecule has 1 saturated heterocycles. The molecule has 3 aromatic rings. The molecule has 1 amide bonds. The van der Waals surface area contributed by atoms with E-state index in [1.165, 1.54) is 0 Å². The maximum Gasteiger partial charge on any atom is 0.254 e. The van der Waals surface area contributed by atoms with Gasteiger partial charge in [0, 0.05) is 30.8 Å². The van der Waals surface area contributed by atoms with Gasteiger partial charge in [-0.1, -0.05) is 6.07 Å². The fraction of sp³-hybridized carbons (Fsp3) is 0.350. The van der Waals surface area contributed by atoms with Crippen molar-refractivity contribution in [1.82, 2.24) is 19.5 Å². The molecule has 27 heavy (non-hydrogen) atoms. The number of piperidine rings is 1. The minimum Gasteiger partial charge on any atom is -0.486 e. The molecule has 7 heteroatoms. The van der Waals surface area contributed by atoms with E-state index in [1.54, 1.807) is 6.07 Å². The summed E-state index contributed by atoms with van der Waals surface area (Å²) in [4.78, 5) is 15.0. The maximum absolute atomic E-state index is 13.1. The number of aromatic nitrogens is 3. The van der Waals surface area contributed by atoms with Crippen molar-refractivity contribution >= 4 is 11.6 Å². The summed E-state index contributed by atoms with van der Waals surface area (Å²) in [6.45, 7) is 2.44. The van der Waals surface area contributed by atoms with E-state index in [-0.39, 0.29) is 11.8 Å². The Hall–Kier alpha value is -3.09. The Kier molecular flexibility index (Phi) is 3.92. The minimum atomic E-state index is 0.0190. The molecule has 0 spiro atoms. The standard InChI is InChI=1S/C20H20N4O3/c25-20(14-6-7-16-17(12-14)27-11-10-26-16)23-8-3-4-15(13-23)19-22-21-18-5-1-2-9-24(18)19/h1-2,5-7,9,12,15H,3-4,8,10-11,13H2. The molecule has 1 atom stereocenters. The molecule has 0 N–H and O–H groups in total. The molecule has 0 saturated carbocycles. The van der Waals surface area contributed by atoms with Gasteiger partial charge < -0.3 is 14.4 Å². The third kappa shape index (κ3) is 2.89. The SMILES string of the molecule is O=C(c1ccc2c(c1)OCCO2)N1CCCC(c2nnc3ccccn23)C1. The Morgan fingerprint density at radius 1 is 1.07 bits per heavy atom. The van der Waals surface area contributed by atoms with Gasteiger partial charge in [-0.2, -0.15) is 0 Å². The second kappa shape index (κ2) is 6.57. The van der Waals surface area contributed by atoms with Crippen LogP contribution in [-0.2, 0) is 0 Å². The Morgan fingerprint density at radius 3 is 2.89 bits per heavy atom. The number of rotatable bonds is 2. The third-order valence-corrected chi connectivity index (χ3v) is 5.20. The van der Waals surface area contributed by atoms with Crippen molar-refractivity contribution in [3.63, 3.8) is 0 Å². The Morgan fingerprint density at radius 2 is 1.96 bits per heavy atom. The van der Waals surface area contributed by atoms with Gasteiger partial charge in [0.15, 0.2) is 17.1 Å². The maximum atomic E-state index is 13.1. The average Bonchev–Trinajstić information content (AvgIpc) is 3.17. The number of fused-ring (bicyclic) bond motifs is 2. The number of carbonyl (C=O) groups excluding carboxylic acids is 1. The van der Waals surface area contributed by atoms with Gasteiger partial charge in [0.1, 0.15) is 19.0 Å². The summed E-state index contributed by atoms with van der Waals surface area (Å²) in [5, 5.41) is 8.63. The number of ether oxygens (including phenoxy) is 2. The molecule has 5 rings (SSSR count). The molecule has 4 heterocycles. The van der Waals surface area contributed by atoms with Crippen LogP contribution in [0.3, 0.4) is 0 Å². The van der Waals surface area contributed by atoms with E-state index >= 15 is 0 Å². The lowest BCUT2D eigenvalue weighted by atomic mass is 9.96. The van der Waals surface area contributed by atoms with Crippen LogP contribution in [0.4, 0.5) is 0 Å². The van der Waals surface area contributed by atoms with Crippen molar-refractivity contribution in [2.75, 3.05) is 26.3 Å². The fourth-order valence-corrected chi connectivity index (χ4v) is 3.87. The first-order valence-electron chi connectivity index (χ1n) is 9.28. The van der Waals surface area contributed by atoms with E-state index in [0.29, 0.717) is 36.8 Å². The molecule has 138 valence electrons. The van der Waals surface area contributed by atoms with Gasteiger partial charge in [0.05, 0.1) is 0 Å². The monoisotopic (exact) mass is 364 g/mol. The predicted octanol–water partition coefficient (Wildman–Crippen LogP) is 2.52. The van der Waals surface area contributed by atoms with Crippen molar-refractivity contribution in [2.45, 2.75) is 18.8 Å². The van der Waals surface area contributed by atoms with Gasteiger partial charge in [0.25, 0.3) is 5.91 Å². The number of nitrogens with zero attached hydrogens (tertiary/aromatic N) is 4. The highest BCUT2D eigenvalue weighted by Crippen LogP contribution is 2.32. The van der Waals surface area contributed by atoms with Crippen LogP contribution >= 0.6 is 0 Å². The second-order valence-corrected chi connectivity index (χ2v) is 6.94. The average molecular weight is 364 g/mol. The van der Waals surface area contributed by atoms with Gasteiger partial charge in [-0.15, -0.1) is 10.2 Å². The molecule has 1 unspecified atom stereocenters. The highest BCUT2D eigenvalue weighted by atomic mass is 16.6. The summed E-state index contributed by atoms with van der Waals surface area (Å²) in [6, 6.07) is 11.3. The van der Waals surface area contributed by atoms with Crippen molar-refractivity contribution in [1.29, 1.82) is 0 Å². The van der Waals surface area contributed by atoms with Crippen LogP contribution in [-0.4, -0.2) is 51.7 Å². The Labute approximate surface area is 156 Å². The predicted molar refractivity (Wildman–Crippen MR) is 98.3 cm³/mol. The van der Waals surface area contributed by atoms with E-state index < -0.39 is 0 Å². The number of amides is 1. The van der Waals surface area contributed by atoms with Crippen LogP contribution in [0.15, 0.2) is 42.6 Å². The largest absolute Gasteiger partial charge is 0.486 e. The molecule has 2 aromatic heterocycles. The summed E-state index contributed by atoms with van der Waals surface area (Å²) in [5.41, 5.74) is 1.47. The lowest BCUT2D eigenvalue weighted by Gasteiger charge is -2.32. The zero-order valence-electron chi connectivity index (χ0n) is 14.9. The first-order valence-corrected chi connectivity index (χ1v) is 9.28. The minimum absolute atomic E-state index is 0.0190. The molecule has 1 aromatic carbocycles. The highest BCUT2D eigenvalue weighted by molar-refractivity contribution is 5.95. The Balaban J connectivity index is 1.38.